The third-order valence-corrected chi connectivity index (χ3v) is 2.12. The van der Waals surface area contributed by atoms with Crippen molar-refractivity contribution >= 4 is 17.2 Å². The van der Waals surface area contributed by atoms with Crippen LogP contribution in [0.3, 0.4) is 0 Å². The first-order chi connectivity index (χ1) is 5.20. The molecule has 0 saturated carbocycles. The van der Waals surface area contributed by atoms with E-state index in [1.54, 1.807) is 11.3 Å². The summed E-state index contributed by atoms with van der Waals surface area (Å²) in [6.07, 6.45) is 0. The van der Waals surface area contributed by atoms with Crippen LogP contribution in [-0.2, 0) is 0 Å². The summed E-state index contributed by atoms with van der Waals surface area (Å²) in [7, 11) is 0. The minimum Gasteiger partial charge on any atom is -0.388 e. The van der Waals surface area contributed by atoms with Gasteiger partial charge in [-0.3, -0.25) is 4.99 Å². The lowest BCUT2D eigenvalue weighted by Gasteiger charge is -2.02. The molecule has 1 aromatic heterocycles. The summed E-state index contributed by atoms with van der Waals surface area (Å²) < 4.78 is 0. The zero-order valence-electron chi connectivity index (χ0n) is 6.74. The van der Waals surface area contributed by atoms with E-state index in [4.69, 9.17) is 5.73 Å². The van der Waals surface area contributed by atoms with Gasteiger partial charge in [-0.1, -0.05) is 0 Å². The molecule has 0 fully saturated rings. The first-order valence-corrected chi connectivity index (χ1v) is 4.46. The normalized spacial score (nSPS) is 14.9. The maximum Gasteiger partial charge on any atom is 0.0913 e. The van der Waals surface area contributed by atoms with E-state index < -0.39 is 0 Å². The number of aliphatic imine (C=N–C) groups is 1. The molecule has 3 heteroatoms. The number of hydrogen-bond acceptors (Lipinski definition) is 2. The van der Waals surface area contributed by atoms with Crippen LogP contribution < -0.4 is 5.73 Å². The Morgan fingerprint density at radius 1 is 1.73 bits per heavy atom. The number of rotatable bonds is 2. The van der Waals surface area contributed by atoms with Crippen LogP contribution in [-0.4, -0.2) is 5.84 Å². The lowest BCUT2D eigenvalue weighted by atomic mass is 10.2. The molecule has 1 rings (SSSR count). The van der Waals surface area contributed by atoms with Crippen LogP contribution in [0.5, 0.6) is 0 Å². The molecule has 1 aromatic rings. The van der Waals surface area contributed by atoms with Gasteiger partial charge in [-0.2, -0.15) is 11.3 Å². The molecule has 60 valence electrons. The SMILES string of the molecule is CC(N)=NC(C)c1ccsc1. The van der Waals surface area contributed by atoms with Crippen LogP contribution in [0.15, 0.2) is 21.8 Å². The fourth-order valence-electron chi connectivity index (χ4n) is 0.893. The average molecular weight is 168 g/mol. The Labute approximate surface area is 70.8 Å². The minimum absolute atomic E-state index is 0.200. The topological polar surface area (TPSA) is 38.4 Å². The van der Waals surface area contributed by atoms with Crippen molar-refractivity contribution in [3.05, 3.63) is 22.4 Å². The summed E-state index contributed by atoms with van der Waals surface area (Å²) in [5.74, 6) is 0.642. The standard InChI is InChI=1S/C8H12N2S/c1-6(10-7(2)9)8-3-4-11-5-8/h3-6H,1-2H3,(H2,9,10). The zero-order valence-corrected chi connectivity index (χ0v) is 7.56. The summed E-state index contributed by atoms with van der Waals surface area (Å²) in [6, 6.07) is 2.27. The molecule has 0 saturated heterocycles. The Morgan fingerprint density at radius 3 is 2.91 bits per heavy atom. The molecular weight excluding hydrogens is 156 g/mol. The molecule has 0 spiro atoms. The van der Waals surface area contributed by atoms with Crippen molar-refractivity contribution in [1.82, 2.24) is 0 Å². The molecule has 0 aliphatic heterocycles. The quantitative estimate of drug-likeness (QED) is 0.533. The first-order valence-electron chi connectivity index (χ1n) is 3.52. The van der Waals surface area contributed by atoms with E-state index >= 15 is 0 Å². The summed E-state index contributed by atoms with van der Waals surface area (Å²) in [5, 5.41) is 4.14. The second kappa shape index (κ2) is 3.53. The van der Waals surface area contributed by atoms with Gasteiger partial charge in [0.25, 0.3) is 0 Å². The van der Waals surface area contributed by atoms with Crippen molar-refractivity contribution in [2.24, 2.45) is 10.7 Å². The highest BCUT2D eigenvalue weighted by atomic mass is 32.1. The van der Waals surface area contributed by atoms with E-state index in [9.17, 15) is 0 Å². The van der Waals surface area contributed by atoms with E-state index in [-0.39, 0.29) is 6.04 Å². The molecule has 0 amide bonds. The van der Waals surface area contributed by atoms with Gasteiger partial charge in [0.05, 0.1) is 11.9 Å². The third-order valence-electron chi connectivity index (χ3n) is 1.42. The zero-order chi connectivity index (χ0) is 8.27. The molecule has 0 aliphatic rings. The maximum absolute atomic E-state index is 5.45. The van der Waals surface area contributed by atoms with Gasteiger partial charge in [0, 0.05) is 0 Å². The highest BCUT2D eigenvalue weighted by molar-refractivity contribution is 7.07. The van der Waals surface area contributed by atoms with Crippen molar-refractivity contribution in [1.29, 1.82) is 0 Å². The second-order valence-corrected chi connectivity index (χ2v) is 3.28. The van der Waals surface area contributed by atoms with Gasteiger partial charge in [0.1, 0.15) is 0 Å². The van der Waals surface area contributed by atoms with Gasteiger partial charge in [-0.05, 0) is 36.2 Å². The fraction of sp³-hybridized carbons (Fsp3) is 0.375. The maximum atomic E-state index is 5.45. The third kappa shape index (κ3) is 2.35. The lowest BCUT2D eigenvalue weighted by molar-refractivity contribution is 0.821. The molecule has 11 heavy (non-hydrogen) atoms. The molecule has 2 nitrogen and oxygen atoms in total. The van der Waals surface area contributed by atoms with E-state index in [1.807, 2.05) is 19.2 Å². The van der Waals surface area contributed by atoms with Gasteiger partial charge in [-0.25, -0.2) is 0 Å². The fourth-order valence-corrected chi connectivity index (χ4v) is 1.64. The molecule has 0 aromatic carbocycles. The molecule has 0 radical (unpaired) electrons. The number of thiophene rings is 1. The van der Waals surface area contributed by atoms with Crippen LogP contribution in [0.4, 0.5) is 0 Å². The van der Waals surface area contributed by atoms with E-state index in [1.165, 1.54) is 5.56 Å². The van der Waals surface area contributed by atoms with Crippen molar-refractivity contribution < 1.29 is 0 Å². The van der Waals surface area contributed by atoms with Gasteiger partial charge in [0.15, 0.2) is 0 Å². The van der Waals surface area contributed by atoms with Crippen molar-refractivity contribution in [3.63, 3.8) is 0 Å². The Morgan fingerprint density at radius 2 is 2.45 bits per heavy atom. The smallest absolute Gasteiger partial charge is 0.0913 e. The lowest BCUT2D eigenvalue weighted by Crippen LogP contribution is -2.06. The molecule has 1 heterocycles. The largest absolute Gasteiger partial charge is 0.388 e. The van der Waals surface area contributed by atoms with Gasteiger partial charge < -0.3 is 5.73 Å². The van der Waals surface area contributed by atoms with Crippen LogP contribution in [0.1, 0.15) is 25.5 Å². The summed E-state index contributed by atoms with van der Waals surface area (Å²) in [4.78, 5) is 4.22. The molecule has 0 bridgehead atoms. The summed E-state index contributed by atoms with van der Waals surface area (Å²) >= 11 is 1.68. The number of amidine groups is 1. The second-order valence-electron chi connectivity index (χ2n) is 2.50. The van der Waals surface area contributed by atoms with Crippen molar-refractivity contribution in [2.45, 2.75) is 19.9 Å². The van der Waals surface area contributed by atoms with Gasteiger partial charge in [-0.15, -0.1) is 0 Å². The predicted molar refractivity (Wildman–Crippen MR) is 50.0 cm³/mol. The van der Waals surface area contributed by atoms with Crippen molar-refractivity contribution in [2.75, 3.05) is 0 Å². The Kier molecular flexibility index (Phi) is 2.65. The highest BCUT2D eigenvalue weighted by Gasteiger charge is 2.01. The average Bonchev–Trinajstić information content (AvgIpc) is 2.35. The summed E-state index contributed by atoms with van der Waals surface area (Å²) in [6.45, 7) is 3.85. The van der Waals surface area contributed by atoms with E-state index in [0.29, 0.717) is 5.84 Å². The first kappa shape index (κ1) is 8.27. The number of nitrogens with two attached hydrogens (primary N) is 1. The van der Waals surface area contributed by atoms with Crippen LogP contribution >= 0.6 is 11.3 Å². The molecule has 1 atom stereocenters. The highest BCUT2D eigenvalue weighted by Crippen LogP contribution is 2.18. The minimum atomic E-state index is 0.200. The van der Waals surface area contributed by atoms with E-state index in [2.05, 4.69) is 16.4 Å². The predicted octanol–water partition coefficient (Wildman–Crippen LogP) is 2.19. The Hall–Kier alpha value is -0.830. The number of nitrogens with zero attached hydrogens (tertiary/aromatic N) is 1. The Balaban J connectivity index is 2.71. The van der Waals surface area contributed by atoms with Crippen molar-refractivity contribution in [3.8, 4) is 0 Å². The molecular formula is C8H12N2S. The van der Waals surface area contributed by atoms with Gasteiger partial charge >= 0.3 is 0 Å². The van der Waals surface area contributed by atoms with Gasteiger partial charge in [0.2, 0.25) is 0 Å². The Bertz CT molecular complexity index is 235. The monoisotopic (exact) mass is 168 g/mol. The number of hydrogen-bond donors (Lipinski definition) is 1. The van der Waals surface area contributed by atoms with Crippen LogP contribution in [0.25, 0.3) is 0 Å². The molecule has 2 N–H and O–H groups in total. The van der Waals surface area contributed by atoms with Crippen LogP contribution in [0.2, 0.25) is 0 Å². The van der Waals surface area contributed by atoms with Crippen LogP contribution in [0, 0.1) is 0 Å². The van der Waals surface area contributed by atoms with E-state index in [0.717, 1.165) is 0 Å². The molecule has 0 aliphatic carbocycles. The molecule has 1 unspecified atom stereocenters. The summed E-state index contributed by atoms with van der Waals surface area (Å²) in [5.41, 5.74) is 6.69.